The fourth-order valence-corrected chi connectivity index (χ4v) is 3.83. The SMILES string of the molecule is Cc1ccc(-c2nc3cccnc3n2CCCNC(=O)Nc2ccc3c(c2)OCCO3)cc1. The van der Waals surface area contributed by atoms with Gasteiger partial charge in [0.25, 0.3) is 0 Å². The maximum absolute atomic E-state index is 12.3. The number of rotatable bonds is 6. The molecule has 0 unspecified atom stereocenters. The lowest BCUT2D eigenvalue weighted by atomic mass is 10.1. The third-order valence-electron chi connectivity index (χ3n) is 5.46. The molecule has 8 heteroatoms. The van der Waals surface area contributed by atoms with E-state index in [9.17, 15) is 4.79 Å². The molecular formula is C25H25N5O3. The number of aromatic nitrogens is 3. The standard InChI is InChI=1S/C25H25N5O3/c1-17-5-7-18(8-6-17)23-29-20-4-2-11-26-24(20)30(23)13-3-12-27-25(31)28-19-9-10-21-22(16-19)33-15-14-32-21/h2,4-11,16H,3,12-15H2,1H3,(H2,27,28,31). The summed E-state index contributed by atoms with van der Waals surface area (Å²) in [4.78, 5) is 21.7. The van der Waals surface area contributed by atoms with Crippen molar-refractivity contribution in [2.75, 3.05) is 25.1 Å². The number of pyridine rings is 1. The molecule has 2 N–H and O–H groups in total. The average Bonchev–Trinajstić information content (AvgIpc) is 3.21. The molecule has 0 fully saturated rings. The summed E-state index contributed by atoms with van der Waals surface area (Å²) in [6, 6.07) is 17.3. The van der Waals surface area contributed by atoms with E-state index in [1.54, 1.807) is 24.4 Å². The molecule has 0 saturated carbocycles. The van der Waals surface area contributed by atoms with Gasteiger partial charge in [-0.05, 0) is 37.6 Å². The van der Waals surface area contributed by atoms with Gasteiger partial charge in [-0.15, -0.1) is 0 Å². The highest BCUT2D eigenvalue weighted by Crippen LogP contribution is 2.32. The Kier molecular flexibility index (Phi) is 5.80. The molecule has 3 heterocycles. The number of anilines is 1. The van der Waals surface area contributed by atoms with Gasteiger partial charge >= 0.3 is 6.03 Å². The van der Waals surface area contributed by atoms with E-state index in [1.807, 2.05) is 12.1 Å². The van der Waals surface area contributed by atoms with Crippen molar-refractivity contribution in [2.24, 2.45) is 0 Å². The number of aryl methyl sites for hydroxylation is 2. The lowest BCUT2D eigenvalue weighted by Crippen LogP contribution is -2.30. The molecule has 168 valence electrons. The van der Waals surface area contributed by atoms with Gasteiger partial charge < -0.3 is 24.7 Å². The summed E-state index contributed by atoms with van der Waals surface area (Å²) in [5.74, 6) is 2.21. The highest BCUT2D eigenvalue weighted by molar-refractivity contribution is 5.89. The molecule has 2 aromatic carbocycles. The van der Waals surface area contributed by atoms with Crippen LogP contribution < -0.4 is 20.1 Å². The van der Waals surface area contributed by atoms with Crippen molar-refractivity contribution < 1.29 is 14.3 Å². The minimum Gasteiger partial charge on any atom is -0.486 e. The summed E-state index contributed by atoms with van der Waals surface area (Å²) in [6.07, 6.45) is 2.51. The van der Waals surface area contributed by atoms with Gasteiger partial charge in [0.15, 0.2) is 17.1 Å². The Morgan fingerprint density at radius 2 is 1.88 bits per heavy atom. The Balaban J connectivity index is 1.22. The van der Waals surface area contributed by atoms with Gasteiger partial charge in [-0.2, -0.15) is 0 Å². The minimum atomic E-state index is -0.265. The Hall–Kier alpha value is -4.07. The van der Waals surface area contributed by atoms with Gasteiger partial charge in [0.1, 0.15) is 24.6 Å². The van der Waals surface area contributed by atoms with Gasteiger partial charge in [0, 0.05) is 36.6 Å². The molecule has 0 spiro atoms. The molecular weight excluding hydrogens is 418 g/mol. The van der Waals surface area contributed by atoms with Gasteiger partial charge in [-0.1, -0.05) is 29.8 Å². The van der Waals surface area contributed by atoms with Crippen molar-refractivity contribution in [3.05, 3.63) is 66.4 Å². The third-order valence-corrected chi connectivity index (χ3v) is 5.46. The van der Waals surface area contributed by atoms with Crippen LogP contribution in [0, 0.1) is 6.92 Å². The predicted octanol–water partition coefficient (Wildman–Crippen LogP) is 4.39. The number of benzene rings is 2. The van der Waals surface area contributed by atoms with Crippen LogP contribution >= 0.6 is 0 Å². The maximum atomic E-state index is 12.3. The summed E-state index contributed by atoms with van der Waals surface area (Å²) in [5, 5.41) is 5.75. The van der Waals surface area contributed by atoms with E-state index in [0.29, 0.717) is 43.5 Å². The lowest BCUT2D eigenvalue weighted by Gasteiger charge is -2.19. The number of carbonyl (C=O) groups excluding carboxylic acids is 1. The Morgan fingerprint density at radius 1 is 1.06 bits per heavy atom. The summed E-state index contributed by atoms with van der Waals surface area (Å²) in [7, 11) is 0. The van der Waals surface area contributed by atoms with E-state index in [4.69, 9.17) is 14.5 Å². The molecule has 0 bridgehead atoms. The Labute approximate surface area is 191 Å². The molecule has 1 aliphatic heterocycles. The number of nitrogens with zero attached hydrogens (tertiary/aromatic N) is 3. The van der Waals surface area contributed by atoms with E-state index in [2.05, 4.69) is 51.4 Å². The number of fused-ring (bicyclic) bond motifs is 2. The van der Waals surface area contributed by atoms with Crippen LogP contribution in [0.15, 0.2) is 60.8 Å². The van der Waals surface area contributed by atoms with Crippen LogP contribution in [0.3, 0.4) is 0 Å². The van der Waals surface area contributed by atoms with E-state index in [0.717, 1.165) is 29.0 Å². The minimum absolute atomic E-state index is 0.265. The summed E-state index contributed by atoms with van der Waals surface area (Å²) < 4.78 is 13.2. The monoisotopic (exact) mass is 443 g/mol. The van der Waals surface area contributed by atoms with Crippen LogP contribution in [-0.2, 0) is 6.54 Å². The predicted molar refractivity (Wildman–Crippen MR) is 127 cm³/mol. The molecule has 4 aromatic rings. The highest BCUT2D eigenvalue weighted by Gasteiger charge is 2.14. The molecule has 5 rings (SSSR count). The zero-order valence-corrected chi connectivity index (χ0v) is 18.4. The van der Waals surface area contributed by atoms with Gasteiger partial charge in [-0.25, -0.2) is 14.8 Å². The Morgan fingerprint density at radius 3 is 2.73 bits per heavy atom. The molecule has 0 atom stereocenters. The summed E-state index contributed by atoms with van der Waals surface area (Å²) in [5.41, 5.74) is 4.60. The number of carbonyl (C=O) groups is 1. The summed E-state index contributed by atoms with van der Waals surface area (Å²) >= 11 is 0. The molecule has 1 aliphatic rings. The second-order valence-corrected chi connectivity index (χ2v) is 7.89. The number of nitrogens with one attached hydrogen (secondary N) is 2. The Bertz CT molecular complexity index is 1280. The van der Waals surface area contributed by atoms with E-state index >= 15 is 0 Å². The fourth-order valence-electron chi connectivity index (χ4n) is 3.83. The molecule has 33 heavy (non-hydrogen) atoms. The number of hydrogen-bond acceptors (Lipinski definition) is 5. The van der Waals surface area contributed by atoms with Gasteiger partial charge in [0.05, 0.1) is 0 Å². The first-order valence-electron chi connectivity index (χ1n) is 11.0. The normalized spacial score (nSPS) is 12.5. The largest absolute Gasteiger partial charge is 0.486 e. The lowest BCUT2D eigenvalue weighted by molar-refractivity contribution is 0.171. The molecule has 8 nitrogen and oxygen atoms in total. The van der Waals surface area contributed by atoms with Crippen molar-refractivity contribution >= 4 is 22.9 Å². The second-order valence-electron chi connectivity index (χ2n) is 7.89. The summed E-state index contributed by atoms with van der Waals surface area (Å²) in [6.45, 7) is 4.30. The van der Waals surface area contributed by atoms with Crippen LogP contribution in [0.2, 0.25) is 0 Å². The van der Waals surface area contributed by atoms with E-state index in [1.165, 1.54) is 5.56 Å². The maximum Gasteiger partial charge on any atom is 0.319 e. The smallest absolute Gasteiger partial charge is 0.319 e. The van der Waals surface area contributed by atoms with Crippen molar-refractivity contribution in [3.8, 4) is 22.9 Å². The topological polar surface area (TPSA) is 90.3 Å². The molecule has 0 saturated heterocycles. The van der Waals surface area contributed by atoms with E-state index < -0.39 is 0 Å². The first-order chi connectivity index (χ1) is 16.2. The number of ether oxygens (including phenoxy) is 2. The van der Waals surface area contributed by atoms with Gasteiger partial charge in [-0.3, -0.25) is 0 Å². The zero-order valence-electron chi connectivity index (χ0n) is 18.4. The number of amides is 2. The van der Waals surface area contributed by atoms with Crippen molar-refractivity contribution in [2.45, 2.75) is 19.9 Å². The van der Waals surface area contributed by atoms with Crippen LogP contribution in [0.25, 0.3) is 22.6 Å². The molecule has 2 amide bonds. The van der Waals surface area contributed by atoms with Crippen LogP contribution in [0.1, 0.15) is 12.0 Å². The first-order valence-corrected chi connectivity index (χ1v) is 11.0. The van der Waals surface area contributed by atoms with Crippen molar-refractivity contribution in [1.29, 1.82) is 0 Å². The highest BCUT2D eigenvalue weighted by atomic mass is 16.6. The number of imidazole rings is 1. The van der Waals surface area contributed by atoms with Crippen LogP contribution in [0.4, 0.5) is 10.5 Å². The van der Waals surface area contributed by atoms with Crippen molar-refractivity contribution in [1.82, 2.24) is 19.9 Å². The molecule has 0 aliphatic carbocycles. The molecule has 2 aromatic heterocycles. The van der Waals surface area contributed by atoms with Crippen LogP contribution in [0.5, 0.6) is 11.5 Å². The fraction of sp³-hybridized carbons (Fsp3) is 0.240. The quantitative estimate of drug-likeness (QED) is 0.432. The number of urea groups is 1. The zero-order chi connectivity index (χ0) is 22.6. The van der Waals surface area contributed by atoms with E-state index in [-0.39, 0.29) is 6.03 Å². The second kappa shape index (κ2) is 9.20. The number of hydrogen-bond donors (Lipinski definition) is 2. The first kappa shape index (κ1) is 20.8. The van der Waals surface area contributed by atoms with Crippen LogP contribution in [-0.4, -0.2) is 40.3 Å². The third kappa shape index (κ3) is 4.59. The average molecular weight is 444 g/mol. The van der Waals surface area contributed by atoms with Crippen molar-refractivity contribution in [3.63, 3.8) is 0 Å². The molecule has 0 radical (unpaired) electrons. The van der Waals surface area contributed by atoms with Gasteiger partial charge in [0.2, 0.25) is 0 Å².